The average Bonchev–Trinajstić information content (AvgIpc) is 3.53. The molecule has 2 amide bonds. The number of hydrogen-bond donors (Lipinski definition) is 3. The molecule has 1 saturated carbocycles. The van der Waals surface area contributed by atoms with E-state index in [0.717, 1.165) is 12.8 Å². The predicted molar refractivity (Wildman–Crippen MR) is 172 cm³/mol. The molecular formula is C31H37ClF3N7O6S. The van der Waals surface area contributed by atoms with Gasteiger partial charge in [-0.1, -0.05) is 17.7 Å². The highest BCUT2D eigenvalue weighted by Gasteiger charge is 2.62. The molecule has 3 aromatic heterocycles. The van der Waals surface area contributed by atoms with Crippen LogP contribution in [-0.2, 0) is 10.0 Å². The molecule has 1 aliphatic heterocycles. The Morgan fingerprint density at radius 1 is 1.18 bits per heavy atom. The molecule has 13 nitrogen and oxygen atoms in total. The quantitative estimate of drug-likeness (QED) is 0.134. The van der Waals surface area contributed by atoms with Crippen LogP contribution in [0.2, 0.25) is 5.15 Å². The van der Waals surface area contributed by atoms with Crippen LogP contribution >= 0.6 is 11.6 Å². The van der Waals surface area contributed by atoms with Gasteiger partial charge in [0.15, 0.2) is 10.8 Å². The van der Waals surface area contributed by atoms with E-state index in [2.05, 4.69) is 20.4 Å². The Morgan fingerprint density at radius 3 is 2.59 bits per heavy atom. The van der Waals surface area contributed by atoms with Crippen LogP contribution < -0.4 is 14.8 Å². The zero-order valence-electron chi connectivity index (χ0n) is 28.6. The summed E-state index contributed by atoms with van der Waals surface area (Å²) in [5.74, 6) is -0.609. The SMILES string of the molecule is [2H]C([2H])(COc1ccn(-c2ccc(C(=O)NS(=O)(=O)c3cccc(NCCC[C@@H]4CN(C(=O)O)C(C)(C)C4)n3)c(Cl)n2)n1)CC1(C(F)(F)F)CC1. The van der Waals surface area contributed by atoms with E-state index in [0.29, 0.717) is 19.5 Å². The fraction of sp³-hybridized carbons (Fsp3) is 0.516. The third-order valence-electron chi connectivity index (χ3n) is 8.63. The van der Waals surface area contributed by atoms with Crippen LogP contribution in [0.1, 0.15) is 71.8 Å². The highest BCUT2D eigenvalue weighted by Crippen LogP contribution is 2.60. The molecular weight excluding hydrogens is 691 g/mol. The first-order valence-electron chi connectivity index (χ1n) is 16.4. The van der Waals surface area contributed by atoms with E-state index in [9.17, 15) is 36.3 Å². The molecule has 1 aliphatic carbocycles. The van der Waals surface area contributed by atoms with Gasteiger partial charge >= 0.3 is 12.3 Å². The smallest absolute Gasteiger partial charge is 0.407 e. The number of alkyl halides is 3. The summed E-state index contributed by atoms with van der Waals surface area (Å²) in [5, 5.41) is 15.8. The summed E-state index contributed by atoms with van der Waals surface area (Å²) >= 11 is 6.23. The van der Waals surface area contributed by atoms with Gasteiger partial charge in [-0.25, -0.2) is 24.2 Å². The van der Waals surface area contributed by atoms with Gasteiger partial charge in [-0.3, -0.25) is 4.79 Å². The van der Waals surface area contributed by atoms with Crippen molar-refractivity contribution >= 4 is 39.4 Å². The molecule has 3 N–H and O–H groups in total. The average molecular weight is 730 g/mol. The van der Waals surface area contributed by atoms with Crippen LogP contribution in [0.15, 0.2) is 47.6 Å². The largest absolute Gasteiger partial charge is 0.477 e. The molecule has 3 aromatic rings. The van der Waals surface area contributed by atoms with Crippen molar-refractivity contribution < 1.29 is 43.8 Å². The molecule has 49 heavy (non-hydrogen) atoms. The third-order valence-corrected chi connectivity index (χ3v) is 10.2. The highest BCUT2D eigenvalue weighted by atomic mass is 35.5. The zero-order valence-corrected chi connectivity index (χ0v) is 28.2. The maximum Gasteiger partial charge on any atom is 0.407 e. The molecule has 2 fully saturated rings. The van der Waals surface area contributed by atoms with Gasteiger partial charge in [-0.2, -0.15) is 21.6 Å². The van der Waals surface area contributed by atoms with Gasteiger partial charge < -0.3 is 20.1 Å². The van der Waals surface area contributed by atoms with Gasteiger partial charge in [0.1, 0.15) is 11.0 Å². The first kappa shape index (κ1) is 33.4. The van der Waals surface area contributed by atoms with Crippen molar-refractivity contribution in [2.75, 3.05) is 25.0 Å². The van der Waals surface area contributed by atoms with Crippen molar-refractivity contribution in [1.29, 1.82) is 0 Å². The van der Waals surface area contributed by atoms with Gasteiger partial charge in [-0.05, 0) is 88.9 Å². The molecule has 0 unspecified atom stereocenters. The van der Waals surface area contributed by atoms with E-state index >= 15 is 0 Å². The number of nitrogens with one attached hydrogen (secondary N) is 2. The monoisotopic (exact) mass is 729 g/mol. The van der Waals surface area contributed by atoms with E-state index in [4.69, 9.17) is 19.1 Å². The number of amides is 2. The van der Waals surface area contributed by atoms with E-state index in [1.807, 2.05) is 18.6 Å². The summed E-state index contributed by atoms with van der Waals surface area (Å²) in [7, 11) is -4.44. The number of pyridine rings is 2. The lowest BCUT2D eigenvalue weighted by Gasteiger charge is -2.28. The summed E-state index contributed by atoms with van der Waals surface area (Å²) < 4.78 is 90.3. The van der Waals surface area contributed by atoms with Crippen LogP contribution in [0.3, 0.4) is 0 Å². The van der Waals surface area contributed by atoms with Crippen LogP contribution in [0.25, 0.3) is 5.82 Å². The maximum atomic E-state index is 13.3. The van der Waals surface area contributed by atoms with E-state index < -0.39 is 63.6 Å². The number of carbonyl (C=O) groups is 2. The first-order valence-corrected chi connectivity index (χ1v) is 17.3. The van der Waals surface area contributed by atoms with Gasteiger partial charge in [0.05, 0.1) is 17.6 Å². The van der Waals surface area contributed by atoms with Crippen molar-refractivity contribution in [1.82, 2.24) is 29.4 Å². The van der Waals surface area contributed by atoms with Gasteiger partial charge in [0.2, 0.25) is 5.88 Å². The molecule has 0 aromatic carbocycles. The van der Waals surface area contributed by atoms with Crippen LogP contribution in [0, 0.1) is 11.3 Å². The first-order chi connectivity index (χ1) is 23.7. The van der Waals surface area contributed by atoms with E-state index in [1.54, 1.807) is 6.07 Å². The summed E-state index contributed by atoms with van der Waals surface area (Å²) in [5.41, 5.74) is -2.74. The van der Waals surface area contributed by atoms with Crippen molar-refractivity contribution in [3.8, 4) is 11.7 Å². The fourth-order valence-electron chi connectivity index (χ4n) is 5.78. The number of ether oxygens (including phenoxy) is 1. The van der Waals surface area contributed by atoms with E-state index in [1.165, 1.54) is 46.1 Å². The van der Waals surface area contributed by atoms with Gasteiger partial charge in [-0.15, -0.1) is 5.10 Å². The number of carboxylic acid groups (broad SMARTS) is 1. The predicted octanol–water partition coefficient (Wildman–Crippen LogP) is 5.91. The minimum atomic E-state index is -4.50. The lowest BCUT2D eigenvalue weighted by Crippen LogP contribution is -2.41. The molecule has 5 rings (SSSR count). The van der Waals surface area contributed by atoms with Crippen LogP contribution in [0.4, 0.5) is 23.8 Å². The Kier molecular flexibility index (Phi) is 9.55. The minimum Gasteiger partial charge on any atom is -0.477 e. The number of hydrogen-bond acceptors (Lipinski definition) is 9. The number of rotatable bonds is 14. The molecule has 4 heterocycles. The Balaban J connectivity index is 1.14. The van der Waals surface area contributed by atoms with Crippen molar-refractivity contribution in [3.63, 3.8) is 0 Å². The third kappa shape index (κ3) is 8.55. The number of sulfonamides is 1. The van der Waals surface area contributed by atoms with Crippen molar-refractivity contribution in [3.05, 3.63) is 53.3 Å². The number of carbonyl (C=O) groups excluding carboxylic acids is 1. The lowest BCUT2D eigenvalue weighted by molar-refractivity contribution is -0.189. The summed E-state index contributed by atoms with van der Waals surface area (Å²) in [6.07, 6.45) is -5.10. The minimum absolute atomic E-state index is 0.0857. The summed E-state index contributed by atoms with van der Waals surface area (Å²) in [4.78, 5) is 34.1. The molecule has 1 atom stereocenters. The highest BCUT2D eigenvalue weighted by molar-refractivity contribution is 7.90. The summed E-state index contributed by atoms with van der Waals surface area (Å²) in [6.45, 7) is 4.05. The standard InChI is InChI=1S/C31H37ClF3N7O6S/c1-29(2)18-20(19-41(29)28(44)45)6-4-15-36-22-7-3-8-25(37-22)49(46,47)40-27(43)21-9-10-23(38-26(21)32)42-16-11-24(39-42)48-17-5-12-30(13-14-30)31(33,34)35/h3,7-11,16,20H,4-6,12-15,17-19H2,1-2H3,(H,36,37)(H,40,43)(H,44,45)/t20-/m0/s1/i5D2. The Morgan fingerprint density at radius 2 is 1.94 bits per heavy atom. The molecule has 0 radical (unpaired) electrons. The molecule has 1 saturated heterocycles. The number of nitrogens with zero attached hydrogens (tertiary/aromatic N) is 5. The second-order valence-electron chi connectivity index (χ2n) is 12.7. The number of likely N-dealkylation sites (tertiary alicyclic amines) is 1. The van der Waals surface area contributed by atoms with Gasteiger partial charge in [0, 0.05) is 33.6 Å². The van der Waals surface area contributed by atoms with E-state index in [-0.39, 0.29) is 47.0 Å². The Hall–Kier alpha value is -4.12. The summed E-state index contributed by atoms with van der Waals surface area (Å²) in [6, 6.07) is 8.13. The topological polar surface area (TPSA) is 169 Å². The molecule has 266 valence electrons. The van der Waals surface area contributed by atoms with Crippen LogP contribution in [-0.4, -0.2) is 81.6 Å². The molecule has 18 heteroatoms. The fourth-order valence-corrected chi connectivity index (χ4v) is 6.95. The maximum absolute atomic E-state index is 13.3. The number of halogens is 4. The zero-order chi connectivity index (χ0) is 37.4. The second-order valence-corrected chi connectivity index (χ2v) is 14.7. The molecule has 0 bridgehead atoms. The van der Waals surface area contributed by atoms with Crippen molar-refractivity contribution in [2.45, 2.75) is 75.5 Å². The molecule has 0 spiro atoms. The van der Waals surface area contributed by atoms with Crippen molar-refractivity contribution in [2.24, 2.45) is 11.3 Å². The molecule has 2 aliphatic rings. The van der Waals surface area contributed by atoms with Gasteiger partial charge in [0.25, 0.3) is 15.9 Å². The Labute approximate surface area is 289 Å². The second kappa shape index (κ2) is 14.0. The Bertz CT molecular complexity index is 1890. The number of aromatic nitrogens is 4. The normalized spacial score (nSPS) is 19.1. The van der Waals surface area contributed by atoms with Crippen LogP contribution in [0.5, 0.6) is 5.88 Å². The lowest BCUT2D eigenvalue weighted by atomic mass is 9.93. The number of anilines is 1.